The van der Waals surface area contributed by atoms with E-state index in [1.165, 1.54) is 45.2 Å². The number of carbonyl (C=O) groups excluding carboxylic acids is 3. The molecule has 0 bridgehead atoms. The minimum absolute atomic E-state index is 0.0218. The zero-order chi connectivity index (χ0) is 33.3. The van der Waals surface area contributed by atoms with Crippen LogP contribution in [-0.2, 0) is 27.2 Å². The first kappa shape index (κ1) is 35.7. The van der Waals surface area contributed by atoms with Crippen molar-refractivity contribution < 1.29 is 37.4 Å². The molecule has 0 spiro atoms. The molecule has 8 nitrogen and oxygen atoms in total. The quantitative estimate of drug-likeness (QED) is 0.200. The third-order valence-electron chi connectivity index (χ3n) is 6.93. The van der Waals surface area contributed by atoms with E-state index in [0.29, 0.717) is 26.9 Å². The second-order valence-corrected chi connectivity index (χ2v) is 11.6. The van der Waals surface area contributed by atoms with Crippen molar-refractivity contribution in [1.82, 2.24) is 16.0 Å². The fourth-order valence-electron chi connectivity index (χ4n) is 4.59. The van der Waals surface area contributed by atoms with Gasteiger partial charge in [0.25, 0.3) is 0 Å². The summed E-state index contributed by atoms with van der Waals surface area (Å²) in [4.78, 5) is 40.4. The van der Waals surface area contributed by atoms with Crippen LogP contribution in [0.5, 0.6) is 5.75 Å². The van der Waals surface area contributed by atoms with Gasteiger partial charge in [0.1, 0.15) is 17.8 Å². The molecule has 0 aromatic heterocycles. The standard InChI is InChI=1S/C32H34Cl2F3N3O5/c1-18(2)27(29(42)32(35,36)37)39-31(44)28(21-10-12-24(45-3)13-11-21)40-30(43)25(16-19-6-4-8-22(33)14-19)38-26(41)17-20-7-5-9-23(34)15-20/h4-15,18,25,27-29,42H,16-17H2,1-3H3,(H,38,41)(H,39,44)(H,40,43). The lowest BCUT2D eigenvalue weighted by molar-refractivity contribution is -0.215. The molecule has 0 radical (unpaired) electrons. The van der Waals surface area contributed by atoms with E-state index in [0.717, 1.165) is 0 Å². The Morgan fingerprint density at radius 1 is 0.844 bits per heavy atom. The Bertz CT molecular complexity index is 1470. The van der Waals surface area contributed by atoms with Gasteiger partial charge in [-0.2, -0.15) is 13.2 Å². The van der Waals surface area contributed by atoms with Gasteiger partial charge >= 0.3 is 6.18 Å². The van der Waals surface area contributed by atoms with Crippen molar-refractivity contribution in [1.29, 1.82) is 0 Å². The lowest BCUT2D eigenvalue weighted by Gasteiger charge is -2.31. The number of benzene rings is 3. The second-order valence-electron chi connectivity index (χ2n) is 10.7. The molecule has 0 aliphatic rings. The Morgan fingerprint density at radius 3 is 1.96 bits per heavy atom. The highest BCUT2D eigenvalue weighted by molar-refractivity contribution is 6.30. The van der Waals surface area contributed by atoms with E-state index in [4.69, 9.17) is 27.9 Å². The molecule has 3 rings (SSSR count). The number of alkyl halides is 3. The van der Waals surface area contributed by atoms with Crippen LogP contribution in [0.25, 0.3) is 0 Å². The number of methoxy groups -OCH3 is 1. The van der Waals surface area contributed by atoms with E-state index in [1.54, 1.807) is 48.5 Å². The van der Waals surface area contributed by atoms with Crippen molar-refractivity contribution in [2.75, 3.05) is 7.11 Å². The first-order valence-corrected chi connectivity index (χ1v) is 14.7. The Balaban J connectivity index is 1.93. The third-order valence-corrected chi connectivity index (χ3v) is 7.41. The Morgan fingerprint density at radius 2 is 1.42 bits per heavy atom. The normalized spacial score (nSPS) is 14.2. The predicted octanol–water partition coefficient (Wildman–Crippen LogP) is 5.19. The number of hydrogen-bond acceptors (Lipinski definition) is 5. The first-order valence-electron chi connectivity index (χ1n) is 14.0. The van der Waals surface area contributed by atoms with E-state index in [9.17, 15) is 32.7 Å². The topological polar surface area (TPSA) is 117 Å². The van der Waals surface area contributed by atoms with Gasteiger partial charge in [0.05, 0.1) is 19.6 Å². The van der Waals surface area contributed by atoms with E-state index in [-0.39, 0.29) is 18.4 Å². The summed E-state index contributed by atoms with van der Waals surface area (Å²) in [6.45, 7) is 2.83. The van der Waals surface area contributed by atoms with Crippen molar-refractivity contribution in [3.05, 3.63) is 99.5 Å². The fraction of sp³-hybridized carbons (Fsp3) is 0.344. The highest BCUT2D eigenvalue weighted by atomic mass is 35.5. The van der Waals surface area contributed by atoms with Crippen LogP contribution in [0, 0.1) is 5.92 Å². The first-order chi connectivity index (χ1) is 21.2. The number of amides is 3. The number of hydrogen-bond donors (Lipinski definition) is 4. The average Bonchev–Trinajstić information content (AvgIpc) is 2.97. The summed E-state index contributed by atoms with van der Waals surface area (Å²) in [6, 6.07) is 14.8. The van der Waals surface area contributed by atoms with Gasteiger partial charge in [-0.15, -0.1) is 0 Å². The molecule has 13 heteroatoms. The molecule has 0 saturated heterocycles. The number of carbonyl (C=O) groups is 3. The van der Waals surface area contributed by atoms with E-state index >= 15 is 0 Å². The van der Waals surface area contributed by atoms with E-state index in [2.05, 4.69) is 16.0 Å². The van der Waals surface area contributed by atoms with Crippen molar-refractivity contribution >= 4 is 40.9 Å². The molecule has 0 aliphatic heterocycles. The van der Waals surface area contributed by atoms with Crippen molar-refractivity contribution in [2.45, 2.75) is 57.1 Å². The van der Waals surface area contributed by atoms with Gasteiger partial charge in [0, 0.05) is 16.5 Å². The van der Waals surface area contributed by atoms with Gasteiger partial charge in [0.2, 0.25) is 17.7 Å². The minimum Gasteiger partial charge on any atom is -0.497 e. The maximum absolute atomic E-state index is 13.8. The molecule has 0 heterocycles. The predicted molar refractivity (Wildman–Crippen MR) is 165 cm³/mol. The summed E-state index contributed by atoms with van der Waals surface area (Å²) in [5.74, 6) is -2.69. The van der Waals surface area contributed by atoms with E-state index < -0.39 is 54.0 Å². The molecule has 4 atom stereocenters. The summed E-state index contributed by atoms with van der Waals surface area (Å²) < 4.78 is 45.4. The Kier molecular flexibility index (Phi) is 12.7. The minimum atomic E-state index is -5.00. The zero-order valence-corrected chi connectivity index (χ0v) is 26.2. The Hall–Kier alpha value is -3.80. The van der Waals surface area contributed by atoms with Crippen LogP contribution in [0.4, 0.5) is 13.2 Å². The van der Waals surface area contributed by atoms with Crippen molar-refractivity contribution in [3.63, 3.8) is 0 Å². The Labute approximate surface area is 269 Å². The zero-order valence-electron chi connectivity index (χ0n) is 24.7. The largest absolute Gasteiger partial charge is 0.497 e. The van der Waals surface area contributed by atoms with Crippen LogP contribution >= 0.6 is 23.2 Å². The highest BCUT2D eigenvalue weighted by Gasteiger charge is 2.46. The van der Waals surface area contributed by atoms with Gasteiger partial charge in [-0.25, -0.2) is 0 Å². The number of aliphatic hydroxyl groups excluding tert-OH is 1. The van der Waals surface area contributed by atoms with Crippen LogP contribution in [0.1, 0.15) is 36.6 Å². The van der Waals surface area contributed by atoms with Crippen LogP contribution in [0.3, 0.4) is 0 Å². The van der Waals surface area contributed by atoms with E-state index in [1.807, 2.05) is 0 Å². The summed E-state index contributed by atoms with van der Waals surface area (Å²) in [7, 11) is 1.43. The van der Waals surface area contributed by atoms with Crippen molar-refractivity contribution in [2.24, 2.45) is 5.92 Å². The molecule has 4 N–H and O–H groups in total. The van der Waals surface area contributed by atoms with Crippen LogP contribution in [-0.4, -0.2) is 54.3 Å². The molecule has 0 fully saturated rings. The lowest BCUT2D eigenvalue weighted by Crippen LogP contribution is -2.56. The van der Waals surface area contributed by atoms with Gasteiger partial charge in [-0.05, 0) is 59.0 Å². The number of rotatable bonds is 13. The third kappa shape index (κ3) is 10.7. The molecule has 242 valence electrons. The molecular weight excluding hydrogens is 634 g/mol. The maximum atomic E-state index is 13.8. The molecule has 0 saturated carbocycles. The van der Waals surface area contributed by atoms with Gasteiger partial charge in [-0.1, -0.05) is 73.4 Å². The molecule has 4 unspecified atom stereocenters. The van der Waals surface area contributed by atoms with Crippen LogP contribution in [0.2, 0.25) is 10.0 Å². The summed E-state index contributed by atoms with van der Waals surface area (Å²) in [5, 5.41) is 18.3. The fourth-order valence-corrected chi connectivity index (χ4v) is 5.01. The molecule has 3 aromatic carbocycles. The second kappa shape index (κ2) is 16.0. The maximum Gasteiger partial charge on any atom is 0.416 e. The number of ether oxygens (including phenoxy) is 1. The summed E-state index contributed by atoms with van der Waals surface area (Å²) in [5.41, 5.74) is 1.42. The molecule has 3 aromatic rings. The SMILES string of the molecule is COc1ccc(C(NC(=O)C(Cc2cccc(Cl)c2)NC(=O)Cc2cccc(Cl)c2)C(=O)NC(C(C)C)C(O)C(F)(F)F)cc1. The van der Waals surface area contributed by atoms with Gasteiger partial charge in [0.15, 0.2) is 6.10 Å². The average molecular weight is 669 g/mol. The number of aliphatic hydroxyl groups is 1. The summed E-state index contributed by atoms with van der Waals surface area (Å²) >= 11 is 12.2. The highest BCUT2D eigenvalue weighted by Crippen LogP contribution is 2.27. The molecule has 45 heavy (non-hydrogen) atoms. The number of nitrogens with one attached hydrogen (secondary N) is 3. The molecular formula is C32H34Cl2F3N3O5. The van der Waals surface area contributed by atoms with Gasteiger partial charge in [-0.3, -0.25) is 14.4 Å². The monoisotopic (exact) mass is 667 g/mol. The van der Waals surface area contributed by atoms with Gasteiger partial charge < -0.3 is 25.8 Å². The number of halogens is 5. The molecule has 0 aliphatic carbocycles. The lowest BCUT2D eigenvalue weighted by atomic mass is 9.96. The molecule has 3 amide bonds. The van der Waals surface area contributed by atoms with Crippen molar-refractivity contribution in [3.8, 4) is 5.75 Å². The van der Waals surface area contributed by atoms with Crippen LogP contribution < -0.4 is 20.7 Å². The van der Waals surface area contributed by atoms with Crippen LogP contribution in [0.15, 0.2) is 72.8 Å². The smallest absolute Gasteiger partial charge is 0.416 e. The summed E-state index contributed by atoms with van der Waals surface area (Å²) in [6.07, 6.45) is -7.98.